The normalized spacial score (nSPS) is 10.9. The molecule has 0 bridgehead atoms. The van der Waals surface area contributed by atoms with Crippen molar-refractivity contribution in [2.24, 2.45) is 0 Å². The highest BCUT2D eigenvalue weighted by molar-refractivity contribution is 5.98. The number of methoxy groups -OCH3 is 1. The van der Waals surface area contributed by atoms with E-state index in [2.05, 4.69) is 10.2 Å². The van der Waals surface area contributed by atoms with Crippen LogP contribution < -0.4 is 4.74 Å². The van der Waals surface area contributed by atoms with Gasteiger partial charge in [0.25, 0.3) is 0 Å². The lowest BCUT2D eigenvalue weighted by molar-refractivity contribution is -0.137. The first-order chi connectivity index (χ1) is 10.7. The van der Waals surface area contributed by atoms with E-state index in [-0.39, 0.29) is 12.2 Å². The largest absolute Gasteiger partial charge is 0.497 e. The molecule has 0 aliphatic rings. The second kappa shape index (κ2) is 7.09. The van der Waals surface area contributed by atoms with Crippen LogP contribution in [0.15, 0.2) is 36.0 Å². The fourth-order valence-electron chi connectivity index (χ4n) is 1.89. The Morgan fingerprint density at radius 2 is 2.14 bits per heavy atom. The van der Waals surface area contributed by atoms with Gasteiger partial charge in [-0.05, 0) is 37.3 Å². The first-order valence-electron chi connectivity index (χ1n) is 6.66. The number of esters is 1. The summed E-state index contributed by atoms with van der Waals surface area (Å²) in [4.78, 5) is 11.7. The molecule has 0 aliphatic carbocycles. The molecule has 0 saturated carbocycles. The number of nitriles is 1. The van der Waals surface area contributed by atoms with Gasteiger partial charge in [-0.25, -0.2) is 4.79 Å². The molecule has 2 aromatic rings. The van der Waals surface area contributed by atoms with E-state index in [1.54, 1.807) is 20.2 Å². The molecule has 1 heterocycles. The summed E-state index contributed by atoms with van der Waals surface area (Å²) in [6, 6.07) is 9.21. The maximum Gasteiger partial charge on any atom is 0.348 e. The number of nitrogens with zero attached hydrogens (tertiary/aromatic N) is 2. The van der Waals surface area contributed by atoms with Crippen molar-refractivity contribution in [3.05, 3.63) is 41.6 Å². The predicted molar refractivity (Wildman–Crippen MR) is 80.8 cm³/mol. The van der Waals surface area contributed by atoms with Crippen molar-refractivity contribution in [1.82, 2.24) is 10.2 Å². The maximum absolute atomic E-state index is 11.7. The topological polar surface area (TPSA) is 88.0 Å². The third-order valence-electron chi connectivity index (χ3n) is 2.96. The van der Waals surface area contributed by atoms with Crippen LogP contribution in [0.5, 0.6) is 5.75 Å². The number of hydrogen-bond donors (Lipinski definition) is 1. The first-order valence-corrected chi connectivity index (χ1v) is 6.66. The molecule has 0 aliphatic heterocycles. The van der Waals surface area contributed by atoms with Crippen molar-refractivity contribution in [3.63, 3.8) is 0 Å². The van der Waals surface area contributed by atoms with Crippen molar-refractivity contribution >= 4 is 12.0 Å². The average Bonchev–Trinajstić information content (AvgIpc) is 3.01. The lowest BCUT2D eigenvalue weighted by atomic mass is 10.1. The molecule has 22 heavy (non-hydrogen) atoms. The summed E-state index contributed by atoms with van der Waals surface area (Å²) in [5.74, 6) is 0.0940. The van der Waals surface area contributed by atoms with E-state index in [4.69, 9.17) is 14.7 Å². The molecule has 1 N–H and O–H groups in total. The van der Waals surface area contributed by atoms with Gasteiger partial charge in [0.2, 0.25) is 0 Å². The van der Waals surface area contributed by atoms with Crippen LogP contribution in [0.2, 0.25) is 0 Å². The molecule has 0 saturated heterocycles. The Kier molecular flexibility index (Phi) is 4.94. The molecular formula is C16H15N3O3. The quantitative estimate of drug-likeness (QED) is 0.520. The lowest BCUT2D eigenvalue weighted by Crippen LogP contribution is -2.06. The molecule has 0 fully saturated rings. The Morgan fingerprint density at radius 3 is 2.73 bits per heavy atom. The third-order valence-corrected chi connectivity index (χ3v) is 2.96. The van der Waals surface area contributed by atoms with Gasteiger partial charge in [0, 0.05) is 11.1 Å². The monoisotopic (exact) mass is 297 g/mol. The van der Waals surface area contributed by atoms with Crippen LogP contribution in [-0.4, -0.2) is 29.9 Å². The van der Waals surface area contributed by atoms with Gasteiger partial charge >= 0.3 is 5.97 Å². The maximum atomic E-state index is 11.7. The van der Waals surface area contributed by atoms with Crippen molar-refractivity contribution < 1.29 is 14.3 Å². The lowest BCUT2D eigenvalue weighted by Gasteiger charge is -2.03. The van der Waals surface area contributed by atoms with Crippen molar-refractivity contribution in [2.45, 2.75) is 6.92 Å². The fraction of sp³-hybridized carbons (Fsp3) is 0.188. The number of H-pyrrole nitrogens is 1. The molecule has 6 nitrogen and oxygen atoms in total. The molecule has 0 spiro atoms. The Balaban J connectivity index is 2.36. The van der Waals surface area contributed by atoms with Gasteiger partial charge in [0.05, 0.1) is 25.6 Å². The second-order valence-corrected chi connectivity index (χ2v) is 4.32. The summed E-state index contributed by atoms with van der Waals surface area (Å²) in [6.45, 7) is 1.90. The van der Waals surface area contributed by atoms with Crippen LogP contribution in [0.1, 0.15) is 12.5 Å². The highest BCUT2D eigenvalue weighted by atomic mass is 16.5. The Hall–Kier alpha value is -3.07. The van der Waals surface area contributed by atoms with Gasteiger partial charge in [0.15, 0.2) is 0 Å². The number of benzene rings is 1. The van der Waals surface area contributed by atoms with E-state index in [0.717, 1.165) is 11.3 Å². The van der Waals surface area contributed by atoms with Crippen LogP contribution in [0.25, 0.3) is 17.3 Å². The minimum atomic E-state index is -0.646. The molecule has 0 radical (unpaired) electrons. The fourth-order valence-corrected chi connectivity index (χ4v) is 1.89. The van der Waals surface area contributed by atoms with Crippen molar-refractivity contribution in [2.75, 3.05) is 13.7 Å². The number of nitrogens with one attached hydrogen (secondary N) is 1. The zero-order valence-electron chi connectivity index (χ0n) is 12.3. The molecule has 0 atom stereocenters. The third kappa shape index (κ3) is 3.33. The smallest absolute Gasteiger partial charge is 0.348 e. The predicted octanol–water partition coefficient (Wildman–Crippen LogP) is 2.56. The number of rotatable bonds is 5. The molecule has 2 rings (SSSR count). The SMILES string of the molecule is CCOC(=O)/C(C#N)=C\c1cn[nH]c1-c1ccc(OC)cc1. The van der Waals surface area contributed by atoms with E-state index in [1.165, 1.54) is 6.08 Å². The van der Waals surface area contributed by atoms with E-state index in [0.29, 0.717) is 11.3 Å². The minimum Gasteiger partial charge on any atom is -0.497 e. The summed E-state index contributed by atoms with van der Waals surface area (Å²) < 4.78 is 9.96. The number of carbonyl (C=O) groups is 1. The molecule has 1 aromatic carbocycles. The molecule has 6 heteroatoms. The van der Waals surface area contributed by atoms with Crippen LogP contribution in [-0.2, 0) is 9.53 Å². The standard InChI is InChI=1S/C16H15N3O3/c1-3-22-16(20)12(9-17)8-13-10-18-19-15(13)11-4-6-14(21-2)7-5-11/h4-8,10H,3H2,1-2H3,(H,18,19)/b12-8-. The number of aromatic nitrogens is 2. The van der Waals surface area contributed by atoms with Gasteiger partial charge in [0.1, 0.15) is 17.4 Å². The summed E-state index contributed by atoms with van der Waals surface area (Å²) in [5, 5.41) is 15.9. The Bertz CT molecular complexity index is 724. The molecule has 112 valence electrons. The molecule has 0 amide bonds. The van der Waals surface area contributed by atoms with Crippen molar-refractivity contribution in [3.8, 4) is 23.1 Å². The van der Waals surface area contributed by atoms with Gasteiger partial charge in [-0.2, -0.15) is 10.4 Å². The number of carbonyl (C=O) groups excluding carboxylic acids is 1. The Morgan fingerprint density at radius 1 is 1.41 bits per heavy atom. The van der Waals surface area contributed by atoms with Crippen LogP contribution in [0.4, 0.5) is 0 Å². The number of hydrogen-bond acceptors (Lipinski definition) is 5. The van der Waals surface area contributed by atoms with E-state index in [9.17, 15) is 4.79 Å². The number of ether oxygens (including phenoxy) is 2. The summed E-state index contributed by atoms with van der Waals surface area (Å²) in [6.07, 6.45) is 3.01. The van der Waals surface area contributed by atoms with E-state index in [1.807, 2.05) is 30.3 Å². The zero-order valence-corrected chi connectivity index (χ0v) is 12.3. The van der Waals surface area contributed by atoms with Crippen molar-refractivity contribution in [1.29, 1.82) is 5.26 Å². The highest BCUT2D eigenvalue weighted by Gasteiger charge is 2.13. The van der Waals surface area contributed by atoms with Gasteiger partial charge in [-0.15, -0.1) is 0 Å². The molecule has 1 aromatic heterocycles. The summed E-state index contributed by atoms with van der Waals surface area (Å²) >= 11 is 0. The van der Waals surface area contributed by atoms with Crippen LogP contribution >= 0.6 is 0 Å². The van der Waals surface area contributed by atoms with Crippen LogP contribution in [0, 0.1) is 11.3 Å². The van der Waals surface area contributed by atoms with Gasteiger partial charge in [-0.1, -0.05) is 0 Å². The molecule has 0 unspecified atom stereocenters. The minimum absolute atomic E-state index is 0.0713. The van der Waals surface area contributed by atoms with Gasteiger partial charge in [-0.3, -0.25) is 5.10 Å². The van der Waals surface area contributed by atoms with E-state index >= 15 is 0 Å². The van der Waals surface area contributed by atoms with E-state index < -0.39 is 5.97 Å². The number of aromatic amines is 1. The summed E-state index contributed by atoms with van der Waals surface area (Å²) in [5.41, 5.74) is 2.14. The zero-order chi connectivity index (χ0) is 15.9. The second-order valence-electron chi connectivity index (χ2n) is 4.32. The van der Waals surface area contributed by atoms with Crippen LogP contribution in [0.3, 0.4) is 0 Å². The average molecular weight is 297 g/mol. The van der Waals surface area contributed by atoms with Gasteiger partial charge < -0.3 is 9.47 Å². The first kappa shape index (κ1) is 15.3. The Labute approximate surface area is 128 Å². The highest BCUT2D eigenvalue weighted by Crippen LogP contribution is 2.25. The summed E-state index contributed by atoms with van der Waals surface area (Å²) in [7, 11) is 1.60. The molecular weight excluding hydrogens is 282 g/mol.